The molecule has 0 aliphatic carbocycles. The van der Waals surface area contributed by atoms with Gasteiger partial charge in [-0.15, -0.1) is 0 Å². The zero-order chi connectivity index (χ0) is 7.70. The van der Waals surface area contributed by atoms with E-state index < -0.39 is 0 Å². The molecule has 0 aromatic heterocycles. The minimum absolute atomic E-state index is 0.144. The van der Waals surface area contributed by atoms with Gasteiger partial charge in [-0.25, -0.2) is 0 Å². The minimum Gasteiger partial charge on any atom is -0.483 e. The Labute approximate surface area is 53.2 Å². The number of carbonyl (C=O) groups excluding carboxylic acids is 1. The second-order valence-corrected chi connectivity index (χ2v) is 0.924. The summed E-state index contributed by atoms with van der Waals surface area (Å²) in [5.41, 5.74) is 0. The summed E-state index contributed by atoms with van der Waals surface area (Å²) in [4.78, 5) is 18.3. The molecule has 0 aliphatic heterocycles. The van der Waals surface area contributed by atoms with E-state index in [1.165, 1.54) is 6.08 Å². The van der Waals surface area contributed by atoms with E-state index >= 15 is 0 Å². The SMILES string of the molecule is C=CC(=O)NC.O=CO. The summed E-state index contributed by atoms with van der Waals surface area (Å²) in [6.07, 6.45) is 1.22. The Morgan fingerprint density at radius 3 is 2.11 bits per heavy atom. The average Bonchev–Trinajstić information content (AvgIpc) is 1.88. The first-order valence-electron chi connectivity index (χ1n) is 2.14. The van der Waals surface area contributed by atoms with Gasteiger partial charge < -0.3 is 10.4 Å². The third kappa shape index (κ3) is 20.4. The van der Waals surface area contributed by atoms with Crippen molar-refractivity contribution >= 4 is 12.4 Å². The van der Waals surface area contributed by atoms with Crippen LogP contribution in [0.15, 0.2) is 12.7 Å². The molecule has 0 atom stereocenters. The van der Waals surface area contributed by atoms with Gasteiger partial charge in [0.2, 0.25) is 5.91 Å². The maximum atomic E-state index is 9.95. The van der Waals surface area contributed by atoms with Crippen molar-refractivity contribution in [1.29, 1.82) is 0 Å². The molecule has 0 heterocycles. The number of hydrogen-bond donors (Lipinski definition) is 2. The van der Waals surface area contributed by atoms with E-state index in [0.717, 1.165) is 0 Å². The predicted molar refractivity (Wildman–Crippen MR) is 33.0 cm³/mol. The molecule has 9 heavy (non-hydrogen) atoms. The van der Waals surface area contributed by atoms with Gasteiger partial charge >= 0.3 is 0 Å². The van der Waals surface area contributed by atoms with Crippen LogP contribution in [0.4, 0.5) is 0 Å². The molecule has 0 aromatic carbocycles. The van der Waals surface area contributed by atoms with Crippen LogP contribution in [0.25, 0.3) is 0 Å². The van der Waals surface area contributed by atoms with Crippen molar-refractivity contribution in [2.45, 2.75) is 0 Å². The molecule has 4 heteroatoms. The molecule has 0 spiro atoms. The second kappa shape index (κ2) is 9.84. The number of nitrogens with one attached hydrogen (secondary N) is 1. The summed E-state index contributed by atoms with van der Waals surface area (Å²) in [5, 5.41) is 9.25. The molecule has 0 rings (SSSR count). The van der Waals surface area contributed by atoms with Gasteiger partial charge in [0.15, 0.2) is 0 Å². The van der Waals surface area contributed by atoms with Gasteiger partial charge in [0.1, 0.15) is 0 Å². The molecule has 0 saturated heterocycles. The topological polar surface area (TPSA) is 66.4 Å². The monoisotopic (exact) mass is 131 g/mol. The van der Waals surface area contributed by atoms with Gasteiger partial charge in [-0.1, -0.05) is 6.58 Å². The highest BCUT2D eigenvalue weighted by Crippen LogP contribution is 1.56. The van der Waals surface area contributed by atoms with Crippen molar-refractivity contribution in [2.24, 2.45) is 0 Å². The van der Waals surface area contributed by atoms with E-state index in [9.17, 15) is 4.79 Å². The molecule has 0 saturated carbocycles. The van der Waals surface area contributed by atoms with E-state index in [1.54, 1.807) is 7.05 Å². The largest absolute Gasteiger partial charge is 0.483 e. The molecule has 0 radical (unpaired) electrons. The molecular weight excluding hydrogens is 122 g/mol. The molecule has 0 bridgehead atoms. The van der Waals surface area contributed by atoms with Gasteiger partial charge in [-0.2, -0.15) is 0 Å². The van der Waals surface area contributed by atoms with E-state index in [2.05, 4.69) is 11.9 Å². The molecular formula is C5H9NO3. The number of hydrogen-bond acceptors (Lipinski definition) is 2. The molecule has 0 fully saturated rings. The van der Waals surface area contributed by atoms with Crippen molar-refractivity contribution < 1.29 is 14.7 Å². The highest BCUT2D eigenvalue weighted by atomic mass is 16.3. The summed E-state index contributed by atoms with van der Waals surface area (Å²) in [5.74, 6) is -0.144. The number of rotatable bonds is 1. The molecule has 4 nitrogen and oxygen atoms in total. The van der Waals surface area contributed by atoms with Crippen LogP contribution in [0.5, 0.6) is 0 Å². The Balaban J connectivity index is 0. The zero-order valence-electron chi connectivity index (χ0n) is 5.13. The quantitative estimate of drug-likeness (QED) is 0.376. The van der Waals surface area contributed by atoms with E-state index in [1.807, 2.05) is 0 Å². The van der Waals surface area contributed by atoms with E-state index in [-0.39, 0.29) is 12.4 Å². The minimum atomic E-state index is -0.250. The van der Waals surface area contributed by atoms with Crippen molar-refractivity contribution in [1.82, 2.24) is 5.32 Å². The molecule has 0 aliphatic rings. The van der Waals surface area contributed by atoms with Crippen molar-refractivity contribution in [3.63, 3.8) is 0 Å². The third-order valence-electron chi connectivity index (χ3n) is 0.432. The Morgan fingerprint density at radius 1 is 1.78 bits per heavy atom. The van der Waals surface area contributed by atoms with Crippen LogP contribution in [0.2, 0.25) is 0 Å². The molecule has 52 valence electrons. The summed E-state index contributed by atoms with van der Waals surface area (Å²) in [6.45, 7) is 2.97. The fourth-order valence-corrected chi connectivity index (χ4v) is 0.102. The Kier molecular flexibility index (Phi) is 11.6. The van der Waals surface area contributed by atoms with Gasteiger partial charge in [0.25, 0.3) is 6.47 Å². The Morgan fingerprint density at radius 2 is 2.11 bits per heavy atom. The molecule has 0 aromatic rings. The first-order valence-corrected chi connectivity index (χ1v) is 2.14. The van der Waals surface area contributed by atoms with Crippen LogP contribution in [0.1, 0.15) is 0 Å². The lowest BCUT2D eigenvalue weighted by Crippen LogP contribution is -2.13. The van der Waals surface area contributed by atoms with Crippen molar-refractivity contribution in [2.75, 3.05) is 7.05 Å². The van der Waals surface area contributed by atoms with Gasteiger partial charge in [-0.05, 0) is 6.08 Å². The Bertz CT molecular complexity index is 100. The van der Waals surface area contributed by atoms with Crippen LogP contribution in [-0.4, -0.2) is 24.5 Å². The lowest BCUT2D eigenvalue weighted by Gasteiger charge is -1.82. The fraction of sp³-hybridized carbons (Fsp3) is 0.200. The lowest BCUT2D eigenvalue weighted by atomic mass is 10.6. The summed E-state index contributed by atoms with van der Waals surface area (Å²) in [7, 11) is 1.56. The standard InChI is InChI=1S/C4H7NO.CH2O2/c1-3-4(6)5-2;2-1-3/h3H,1H2,2H3,(H,5,6);1H,(H,2,3). The molecule has 2 N–H and O–H groups in total. The average molecular weight is 131 g/mol. The first kappa shape index (κ1) is 10.6. The number of carbonyl (C=O) groups is 2. The van der Waals surface area contributed by atoms with Crippen molar-refractivity contribution in [3.05, 3.63) is 12.7 Å². The van der Waals surface area contributed by atoms with Crippen molar-refractivity contribution in [3.8, 4) is 0 Å². The maximum absolute atomic E-state index is 9.95. The first-order chi connectivity index (χ1) is 4.22. The normalized spacial score (nSPS) is 5.89. The third-order valence-corrected chi connectivity index (χ3v) is 0.432. The van der Waals surface area contributed by atoms with E-state index in [4.69, 9.17) is 9.90 Å². The molecule has 1 amide bonds. The summed E-state index contributed by atoms with van der Waals surface area (Å²) < 4.78 is 0. The number of likely N-dealkylation sites (N-methyl/N-ethyl adjacent to an activating group) is 1. The van der Waals surface area contributed by atoms with Crippen LogP contribution in [-0.2, 0) is 9.59 Å². The van der Waals surface area contributed by atoms with E-state index in [0.29, 0.717) is 0 Å². The lowest BCUT2D eigenvalue weighted by molar-refractivity contribution is -0.123. The molecule has 0 unspecified atom stereocenters. The van der Waals surface area contributed by atoms with Crippen LogP contribution >= 0.6 is 0 Å². The summed E-state index contributed by atoms with van der Waals surface area (Å²) in [6, 6.07) is 0. The highest BCUT2D eigenvalue weighted by Gasteiger charge is 1.78. The number of amides is 1. The highest BCUT2D eigenvalue weighted by molar-refractivity contribution is 5.86. The van der Waals surface area contributed by atoms with Crippen LogP contribution in [0, 0.1) is 0 Å². The second-order valence-electron chi connectivity index (χ2n) is 0.924. The smallest absolute Gasteiger partial charge is 0.290 e. The predicted octanol–water partition coefficient (Wildman–Crippen LogP) is -0.381. The number of carboxylic acid groups (broad SMARTS) is 1. The van der Waals surface area contributed by atoms with Gasteiger partial charge in [0, 0.05) is 7.05 Å². The summed E-state index contributed by atoms with van der Waals surface area (Å²) >= 11 is 0. The Hall–Kier alpha value is -1.32. The fourth-order valence-electron chi connectivity index (χ4n) is 0.102. The maximum Gasteiger partial charge on any atom is 0.290 e. The van der Waals surface area contributed by atoms with Crippen LogP contribution < -0.4 is 5.32 Å². The zero-order valence-corrected chi connectivity index (χ0v) is 5.13. The van der Waals surface area contributed by atoms with Crippen LogP contribution in [0.3, 0.4) is 0 Å². The van der Waals surface area contributed by atoms with Gasteiger partial charge in [0.05, 0.1) is 0 Å². The van der Waals surface area contributed by atoms with Gasteiger partial charge in [-0.3, -0.25) is 9.59 Å².